The van der Waals surface area contributed by atoms with E-state index < -0.39 is 5.92 Å². The Kier molecular flexibility index (Phi) is 6.27. The van der Waals surface area contributed by atoms with E-state index in [4.69, 9.17) is 9.47 Å². The summed E-state index contributed by atoms with van der Waals surface area (Å²) in [6, 6.07) is 16.8. The van der Waals surface area contributed by atoms with E-state index in [1.807, 2.05) is 54.6 Å². The van der Waals surface area contributed by atoms with Gasteiger partial charge in [-0.25, -0.2) is 4.98 Å². The van der Waals surface area contributed by atoms with Crippen molar-refractivity contribution >= 4 is 34.1 Å². The van der Waals surface area contributed by atoms with Crippen LogP contribution < -0.4 is 20.1 Å². The van der Waals surface area contributed by atoms with Crippen LogP contribution in [0, 0.1) is 5.92 Å². The topological polar surface area (TPSA) is 107 Å². The molecule has 2 aromatic carbocycles. The molecule has 0 saturated heterocycles. The number of aromatic nitrogens is 1. The number of fused-ring (bicyclic) bond motifs is 2. The first kappa shape index (κ1) is 22.1. The number of carbonyl (C=O) groups is 3. The first-order chi connectivity index (χ1) is 16.5. The molecule has 1 aliphatic carbocycles. The van der Waals surface area contributed by atoms with Gasteiger partial charge in [0.05, 0.1) is 29.5 Å². The number of carbonyl (C=O) groups excluding carboxylic acids is 3. The summed E-state index contributed by atoms with van der Waals surface area (Å²) in [4.78, 5) is 42.7. The summed E-state index contributed by atoms with van der Waals surface area (Å²) in [5.74, 6) is 0.278. The quantitative estimate of drug-likeness (QED) is 0.565. The van der Waals surface area contributed by atoms with Gasteiger partial charge in [-0.2, -0.15) is 0 Å². The van der Waals surface area contributed by atoms with Crippen molar-refractivity contribution in [2.45, 2.75) is 25.4 Å². The van der Waals surface area contributed by atoms with Crippen molar-refractivity contribution in [3.05, 3.63) is 70.7 Å². The molecule has 2 atom stereocenters. The van der Waals surface area contributed by atoms with E-state index in [-0.39, 0.29) is 43.1 Å². The summed E-state index contributed by atoms with van der Waals surface area (Å²) in [6.45, 7) is 0.617. The Bertz CT molecular complexity index is 1230. The lowest BCUT2D eigenvalue weighted by Gasteiger charge is -2.27. The van der Waals surface area contributed by atoms with Gasteiger partial charge in [0, 0.05) is 12.8 Å². The summed E-state index contributed by atoms with van der Waals surface area (Å²) < 4.78 is 11.5. The molecule has 0 radical (unpaired) electrons. The molecule has 0 unspecified atom stereocenters. The minimum absolute atomic E-state index is 0.114. The van der Waals surface area contributed by atoms with Gasteiger partial charge in [-0.1, -0.05) is 53.8 Å². The highest BCUT2D eigenvalue weighted by molar-refractivity contribution is 7.17. The number of Topliss-reactive ketones (excluding diaryl/α,β-unsaturated/α-hetero) is 1. The molecule has 0 saturated carbocycles. The largest absolute Gasteiger partial charge is 0.486 e. The number of nitrogens with zero attached hydrogens (tertiary/aromatic N) is 1. The van der Waals surface area contributed by atoms with Gasteiger partial charge in [0.25, 0.3) is 0 Å². The summed E-state index contributed by atoms with van der Waals surface area (Å²) >= 11 is 1.16. The van der Waals surface area contributed by atoms with Crippen LogP contribution >= 0.6 is 11.3 Å². The maximum Gasteiger partial charge on any atom is 0.230 e. The summed E-state index contributed by atoms with van der Waals surface area (Å²) in [7, 11) is 0. The number of hydrogen-bond acceptors (Lipinski definition) is 7. The Morgan fingerprint density at radius 3 is 2.62 bits per heavy atom. The summed E-state index contributed by atoms with van der Waals surface area (Å²) in [5.41, 5.74) is 1.45. The third-order valence-electron chi connectivity index (χ3n) is 5.72. The number of para-hydroxylation sites is 2. The SMILES string of the molecule is O=C(Cc1ccccc1)Nc1nc2c(s1)C(=O)C[C@@H](C(=O)NC[C@H]1COc3ccccc3O1)C2. The molecule has 0 fully saturated rings. The minimum Gasteiger partial charge on any atom is -0.486 e. The van der Waals surface area contributed by atoms with E-state index in [1.54, 1.807) is 0 Å². The number of ether oxygens (including phenoxy) is 2. The second-order valence-electron chi connectivity index (χ2n) is 8.28. The lowest BCUT2D eigenvalue weighted by Crippen LogP contribution is -2.44. The highest BCUT2D eigenvalue weighted by Crippen LogP contribution is 2.33. The van der Waals surface area contributed by atoms with E-state index in [0.717, 1.165) is 16.9 Å². The first-order valence-corrected chi connectivity index (χ1v) is 11.9. The summed E-state index contributed by atoms with van der Waals surface area (Å²) in [6.07, 6.45) is 0.382. The van der Waals surface area contributed by atoms with Crippen LogP contribution in [0.25, 0.3) is 0 Å². The van der Waals surface area contributed by atoms with Gasteiger partial charge in [0.1, 0.15) is 12.7 Å². The second kappa shape index (κ2) is 9.64. The van der Waals surface area contributed by atoms with Crippen molar-refractivity contribution in [2.24, 2.45) is 5.92 Å². The smallest absolute Gasteiger partial charge is 0.230 e. The number of ketones is 1. The van der Waals surface area contributed by atoms with E-state index in [2.05, 4.69) is 15.6 Å². The molecule has 1 aromatic heterocycles. The van der Waals surface area contributed by atoms with Crippen molar-refractivity contribution < 1.29 is 23.9 Å². The standard InChI is InChI=1S/C25H23N3O5S/c29-19-12-16(24(31)26-13-17-14-32-20-8-4-5-9-21(20)33-17)11-18-23(19)34-25(27-18)28-22(30)10-15-6-2-1-3-7-15/h1-9,16-17H,10-14H2,(H,26,31)(H,27,28,30)/t16-,17-/m0/s1. The Balaban J connectivity index is 1.16. The number of hydrogen-bond donors (Lipinski definition) is 2. The molecule has 2 amide bonds. The average molecular weight is 478 g/mol. The highest BCUT2D eigenvalue weighted by atomic mass is 32.1. The molecule has 8 nitrogen and oxygen atoms in total. The number of anilines is 1. The molecular weight excluding hydrogens is 454 g/mol. The molecule has 2 heterocycles. The molecular formula is C25H23N3O5S. The maximum atomic E-state index is 12.8. The lowest BCUT2D eigenvalue weighted by molar-refractivity contribution is -0.125. The molecule has 0 spiro atoms. The Morgan fingerprint density at radius 1 is 1.03 bits per heavy atom. The monoisotopic (exact) mass is 477 g/mol. The maximum absolute atomic E-state index is 12.8. The molecule has 2 N–H and O–H groups in total. The van der Waals surface area contributed by atoms with E-state index in [0.29, 0.717) is 40.2 Å². The zero-order valence-electron chi connectivity index (χ0n) is 18.3. The summed E-state index contributed by atoms with van der Waals surface area (Å²) in [5, 5.41) is 6.04. The third-order valence-corrected chi connectivity index (χ3v) is 6.77. The van der Waals surface area contributed by atoms with Crippen LogP contribution in [0.1, 0.15) is 27.3 Å². The average Bonchev–Trinajstić information content (AvgIpc) is 3.25. The van der Waals surface area contributed by atoms with Crippen molar-refractivity contribution in [1.82, 2.24) is 10.3 Å². The molecule has 0 bridgehead atoms. The predicted molar refractivity (Wildman–Crippen MR) is 126 cm³/mol. The van der Waals surface area contributed by atoms with Crippen LogP contribution in [0.5, 0.6) is 11.5 Å². The second-order valence-corrected chi connectivity index (χ2v) is 9.28. The number of rotatable bonds is 6. The van der Waals surface area contributed by atoms with Gasteiger partial charge in [-0.05, 0) is 17.7 Å². The molecule has 2 aliphatic rings. The van der Waals surface area contributed by atoms with Crippen LogP contribution in [-0.2, 0) is 22.4 Å². The molecule has 5 rings (SSSR count). The van der Waals surface area contributed by atoms with Crippen LogP contribution in [0.4, 0.5) is 5.13 Å². The van der Waals surface area contributed by atoms with Crippen molar-refractivity contribution in [1.29, 1.82) is 0 Å². The number of thiazole rings is 1. The van der Waals surface area contributed by atoms with Gasteiger partial charge >= 0.3 is 0 Å². The van der Waals surface area contributed by atoms with Crippen molar-refractivity contribution in [2.75, 3.05) is 18.5 Å². The Labute approximate surface area is 200 Å². The fourth-order valence-electron chi connectivity index (χ4n) is 4.04. The van der Waals surface area contributed by atoms with Gasteiger partial charge in [-0.15, -0.1) is 0 Å². The van der Waals surface area contributed by atoms with Gasteiger partial charge < -0.3 is 20.1 Å². The minimum atomic E-state index is -0.508. The number of nitrogens with one attached hydrogen (secondary N) is 2. The van der Waals surface area contributed by atoms with Crippen molar-refractivity contribution in [3.63, 3.8) is 0 Å². The molecule has 174 valence electrons. The Hall–Kier alpha value is -3.72. The van der Waals surface area contributed by atoms with Crippen LogP contribution in [-0.4, -0.2) is 41.8 Å². The van der Waals surface area contributed by atoms with Gasteiger partial charge in [-0.3, -0.25) is 14.4 Å². The van der Waals surface area contributed by atoms with E-state index in [1.165, 1.54) is 0 Å². The number of benzene rings is 2. The molecule has 9 heteroatoms. The zero-order chi connectivity index (χ0) is 23.5. The van der Waals surface area contributed by atoms with Crippen LogP contribution in [0.2, 0.25) is 0 Å². The van der Waals surface area contributed by atoms with E-state index in [9.17, 15) is 14.4 Å². The van der Waals surface area contributed by atoms with Gasteiger partial charge in [0.15, 0.2) is 22.4 Å². The molecule has 1 aliphatic heterocycles. The Morgan fingerprint density at radius 2 is 1.79 bits per heavy atom. The fourth-order valence-corrected chi connectivity index (χ4v) is 4.99. The predicted octanol–water partition coefficient (Wildman–Crippen LogP) is 3.03. The van der Waals surface area contributed by atoms with Crippen LogP contribution in [0.3, 0.4) is 0 Å². The third kappa shape index (κ3) is 4.94. The van der Waals surface area contributed by atoms with Crippen LogP contribution in [0.15, 0.2) is 54.6 Å². The number of amides is 2. The van der Waals surface area contributed by atoms with Crippen molar-refractivity contribution in [3.8, 4) is 11.5 Å². The van der Waals surface area contributed by atoms with Gasteiger partial charge in [0.2, 0.25) is 11.8 Å². The lowest BCUT2D eigenvalue weighted by atomic mass is 9.89. The molecule has 3 aromatic rings. The first-order valence-electron chi connectivity index (χ1n) is 11.1. The zero-order valence-corrected chi connectivity index (χ0v) is 19.1. The van der Waals surface area contributed by atoms with E-state index >= 15 is 0 Å². The fraction of sp³-hybridized carbons (Fsp3) is 0.280. The normalized spacial score (nSPS) is 18.6. The molecule has 34 heavy (non-hydrogen) atoms. The highest BCUT2D eigenvalue weighted by Gasteiger charge is 2.33.